The number of amides is 4. The van der Waals surface area contributed by atoms with E-state index in [2.05, 4.69) is 16.0 Å². The summed E-state index contributed by atoms with van der Waals surface area (Å²) >= 11 is 0. The van der Waals surface area contributed by atoms with Crippen molar-refractivity contribution in [3.8, 4) is 5.75 Å². The van der Waals surface area contributed by atoms with E-state index in [1.165, 1.54) is 7.11 Å². The monoisotopic (exact) mass is 379 g/mol. The molecular weight excluding hydrogens is 348 g/mol. The third kappa shape index (κ3) is 8.54. The summed E-state index contributed by atoms with van der Waals surface area (Å²) in [6.45, 7) is 6.58. The van der Waals surface area contributed by atoms with Crippen molar-refractivity contribution in [3.05, 3.63) is 24.3 Å². The van der Waals surface area contributed by atoms with Crippen LogP contribution in [0.1, 0.15) is 33.6 Å². The number of hydrogen-bond acceptors (Lipinski definition) is 4. The third-order valence-corrected chi connectivity index (χ3v) is 4.05. The molecule has 150 valence electrons. The molecule has 1 aromatic carbocycles. The van der Waals surface area contributed by atoms with E-state index in [1.54, 1.807) is 18.2 Å². The second kappa shape index (κ2) is 11.9. The molecule has 0 bridgehead atoms. The molecule has 8 nitrogen and oxygen atoms in total. The molecule has 0 fully saturated rings. The van der Waals surface area contributed by atoms with Crippen LogP contribution in [0.2, 0.25) is 0 Å². The van der Waals surface area contributed by atoms with E-state index in [1.807, 2.05) is 26.8 Å². The Bertz CT molecular complexity index is 636. The molecule has 1 unspecified atom stereocenters. The van der Waals surface area contributed by atoms with Crippen molar-refractivity contribution >= 4 is 23.5 Å². The van der Waals surface area contributed by atoms with Crippen LogP contribution >= 0.6 is 0 Å². The number of benzene rings is 1. The van der Waals surface area contributed by atoms with E-state index in [0.29, 0.717) is 18.0 Å². The van der Waals surface area contributed by atoms with Gasteiger partial charge < -0.3 is 20.3 Å². The lowest BCUT2D eigenvalue weighted by molar-refractivity contribution is -0.883. The molecule has 2 atom stereocenters. The Labute approximate surface area is 160 Å². The fourth-order valence-electron chi connectivity index (χ4n) is 2.52. The highest BCUT2D eigenvalue weighted by molar-refractivity contribution is 5.95. The third-order valence-electron chi connectivity index (χ3n) is 4.05. The molecule has 0 radical (unpaired) electrons. The Hall–Kier alpha value is -2.61. The van der Waals surface area contributed by atoms with Crippen molar-refractivity contribution in [1.82, 2.24) is 10.6 Å². The molecule has 1 rings (SSSR count). The first-order valence-corrected chi connectivity index (χ1v) is 9.26. The number of imide groups is 1. The molecule has 8 heteroatoms. The fraction of sp³-hybridized carbons (Fsp3) is 0.526. The maximum absolute atomic E-state index is 12.4. The van der Waals surface area contributed by atoms with Gasteiger partial charge in [0.25, 0.3) is 11.8 Å². The SMILES string of the molecule is CCC[NH+](CC(=O)NC(=O)N[C@@H](C)CC)CC(=O)Nc1ccccc1OC. The first kappa shape index (κ1) is 22.4. The predicted octanol–water partition coefficient (Wildman–Crippen LogP) is 0.553. The molecule has 4 amide bonds. The molecular formula is C19H31N4O4+. The zero-order valence-corrected chi connectivity index (χ0v) is 16.6. The van der Waals surface area contributed by atoms with Crippen LogP contribution in [0.15, 0.2) is 24.3 Å². The van der Waals surface area contributed by atoms with E-state index in [9.17, 15) is 14.4 Å². The highest BCUT2D eigenvalue weighted by Crippen LogP contribution is 2.22. The van der Waals surface area contributed by atoms with Crippen LogP contribution in [-0.4, -0.2) is 50.6 Å². The largest absolute Gasteiger partial charge is 0.495 e. The maximum Gasteiger partial charge on any atom is 0.321 e. The van der Waals surface area contributed by atoms with Crippen molar-refractivity contribution in [3.63, 3.8) is 0 Å². The molecule has 0 heterocycles. The van der Waals surface area contributed by atoms with Crippen LogP contribution in [0.25, 0.3) is 0 Å². The highest BCUT2D eigenvalue weighted by atomic mass is 16.5. The Balaban J connectivity index is 2.58. The second-order valence-electron chi connectivity index (χ2n) is 6.43. The first-order chi connectivity index (χ1) is 12.9. The number of carbonyl (C=O) groups excluding carboxylic acids is 3. The van der Waals surface area contributed by atoms with E-state index in [0.717, 1.165) is 17.7 Å². The summed E-state index contributed by atoms with van der Waals surface area (Å²) < 4.78 is 5.22. The summed E-state index contributed by atoms with van der Waals surface area (Å²) in [5, 5.41) is 7.79. The molecule has 1 aromatic rings. The Morgan fingerprint density at radius 1 is 1.11 bits per heavy atom. The number of ether oxygens (including phenoxy) is 1. The van der Waals surface area contributed by atoms with E-state index >= 15 is 0 Å². The van der Waals surface area contributed by atoms with Crippen molar-refractivity contribution in [2.45, 2.75) is 39.7 Å². The molecule has 0 aliphatic rings. The summed E-state index contributed by atoms with van der Waals surface area (Å²) in [6.07, 6.45) is 1.58. The minimum atomic E-state index is -0.510. The van der Waals surface area contributed by atoms with Gasteiger partial charge >= 0.3 is 6.03 Å². The number of carbonyl (C=O) groups is 3. The standard InChI is InChI=1S/C19H30N4O4/c1-5-11-23(13-18(25)22-19(26)20-14(3)6-2)12-17(24)21-15-9-7-8-10-16(15)27-4/h7-10,14H,5-6,11-13H2,1-4H3,(H,21,24)(H2,20,22,25,26)/p+1/t14-/m0/s1. The van der Waals surface area contributed by atoms with Crippen LogP contribution in [0.3, 0.4) is 0 Å². The Kier molecular flexibility index (Phi) is 9.89. The summed E-state index contributed by atoms with van der Waals surface area (Å²) in [7, 11) is 1.54. The molecule has 0 aliphatic heterocycles. The van der Waals surface area contributed by atoms with Gasteiger partial charge in [-0.3, -0.25) is 14.9 Å². The topological polar surface area (TPSA) is 101 Å². The summed E-state index contributed by atoms with van der Waals surface area (Å²) in [5.74, 6) is -0.0634. The lowest BCUT2D eigenvalue weighted by atomic mass is 10.3. The number of methoxy groups -OCH3 is 1. The van der Waals surface area contributed by atoms with Crippen molar-refractivity contribution in [1.29, 1.82) is 0 Å². The number of rotatable bonds is 10. The molecule has 4 N–H and O–H groups in total. The molecule has 0 aliphatic carbocycles. The summed E-state index contributed by atoms with van der Waals surface area (Å²) in [5.41, 5.74) is 0.582. The van der Waals surface area contributed by atoms with Gasteiger partial charge in [0.1, 0.15) is 5.75 Å². The van der Waals surface area contributed by atoms with Crippen molar-refractivity contribution in [2.24, 2.45) is 0 Å². The molecule has 0 aromatic heterocycles. The normalized spacial score (nSPS) is 12.6. The zero-order chi connectivity index (χ0) is 20.2. The molecule has 0 saturated carbocycles. The Morgan fingerprint density at radius 3 is 2.41 bits per heavy atom. The lowest BCUT2D eigenvalue weighted by Crippen LogP contribution is -3.14. The minimum Gasteiger partial charge on any atom is -0.495 e. The maximum atomic E-state index is 12.4. The number of para-hydroxylation sites is 2. The van der Waals surface area contributed by atoms with Gasteiger partial charge in [-0.05, 0) is 31.9 Å². The van der Waals surface area contributed by atoms with Gasteiger partial charge in [-0.2, -0.15) is 0 Å². The van der Waals surface area contributed by atoms with Crippen LogP contribution in [0, 0.1) is 0 Å². The number of quaternary nitrogens is 1. The van der Waals surface area contributed by atoms with E-state index < -0.39 is 11.9 Å². The van der Waals surface area contributed by atoms with Gasteiger partial charge in [-0.25, -0.2) is 4.79 Å². The average Bonchev–Trinajstić information content (AvgIpc) is 2.61. The van der Waals surface area contributed by atoms with Gasteiger partial charge in [-0.1, -0.05) is 26.0 Å². The molecule has 0 spiro atoms. The minimum absolute atomic E-state index is 0.0106. The van der Waals surface area contributed by atoms with Gasteiger partial charge in [0, 0.05) is 6.04 Å². The number of anilines is 1. The van der Waals surface area contributed by atoms with Gasteiger partial charge in [0.2, 0.25) is 0 Å². The smallest absolute Gasteiger partial charge is 0.321 e. The fourth-order valence-corrected chi connectivity index (χ4v) is 2.52. The second-order valence-corrected chi connectivity index (χ2v) is 6.43. The van der Waals surface area contributed by atoms with Crippen LogP contribution < -0.4 is 25.6 Å². The predicted molar refractivity (Wildman–Crippen MR) is 104 cm³/mol. The van der Waals surface area contributed by atoms with Crippen molar-refractivity contribution in [2.75, 3.05) is 32.1 Å². The summed E-state index contributed by atoms with van der Waals surface area (Å²) in [6, 6.07) is 6.61. The van der Waals surface area contributed by atoms with Crippen LogP contribution in [-0.2, 0) is 9.59 Å². The zero-order valence-electron chi connectivity index (χ0n) is 16.6. The Morgan fingerprint density at radius 2 is 1.78 bits per heavy atom. The number of urea groups is 1. The average molecular weight is 379 g/mol. The quantitative estimate of drug-likeness (QED) is 0.477. The van der Waals surface area contributed by atoms with Crippen LogP contribution in [0.4, 0.5) is 10.5 Å². The van der Waals surface area contributed by atoms with Gasteiger partial charge in [0.05, 0.1) is 19.3 Å². The molecule has 0 saturated heterocycles. The molecule has 27 heavy (non-hydrogen) atoms. The highest BCUT2D eigenvalue weighted by Gasteiger charge is 2.20. The first-order valence-electron chi connectivity index (χ1n) is 9.26. The van der Waals surface area contributed by atoms with Crippen LogP contribution in [0.5, 0.6) is 5.75 Å². The number of hydrogen-bond donors (Lipinski definition) is 4. The number of nitrogens with one attached hydrogen (secondary N) is 4. The lowest BCUT2D eigenvalue weighted by Gasteiger charge is -2.19. The van der Waals surface area contributed by atoms with E-state index in [4.69, 9.17) is 4.74 Å². The van der Waals surface area contributed by atoms with E-state index in [-0.39, 0.29) is 25.0 Å². The van der Waals surface area contributed by atoms with Gasteiger partial charge in [-0.15, -0.1) is 0 Å². The van der Waals surface area contributed by atoms with Gasteiger partial charge in [0.15, 0.2) is 13.1 Å². The van der Waals surface area contributed by atoms with Crippen molar-refractivity contribution < 1.29 is 24.0 Å². The summed E-state index contributed by atoms with van der Waals surface area (Å²) in [4.78, 5) is 37.0.